The van der Waals surface area contributed by atoms with Gasteiger partial charge in [0.15, 0.2) is 5.82 Å². The summed E-state index contributed by atoms with van der Waals surface area (Å²) in [4.78, 5) is 22.2. The number of unbranched alkanes of at least 4 members (excludes halogenated alkanes) is 1. The highest BCUT2D eigenvalue weighted by Gasteiger charge is 2.39. The number of hydrogen-bond acceptors (Lipinski definition) is 9. The number of rotatable bonds is 16. The highest BCUT2D eigenvalue weighted by molar-refractivity contribution is 9.10. The zero-order valence-electron chi connectivity index (χ0n) is 26.7. The lowest BCUT2D eigenvalue weighted by molar-refractivity contribution is -0.149. The smallest absolute Gasteiger partial charge is 0.459 e. The molecule has 3 atom stereocenters. The van der Waals surface area contributed by atoms with Gasteiger partial charge < -0.3 is 24.3 Å². The van der Waals surface area contributed by atoms with Gasteiger partial charge in [0, 0.05) is 16.5 Å². The second kappa shape index (κ2) is 15.0. The van der Waals surface area contributed by atoms with Crippen LogP contribution in [-0.2, 0) is 35.5 Å². The number of fused-ring (bicyclic) bond motifs is 3. The fraction of sp³-hybridized carbons (Fsp3) is 0.469. The zero-order valence-corrected chi connectivity index (χ0v) is 29.2. The molecule has 0 aliphatic carbocycles. The number of halogens is 1. The molecule has 11 nitrogen and oxygen atoms in total. The van der Waals surface area contributed by atoms with E-state index >= 15 is 0 Å². The van der Waals surface area contributed by atoms with Gasteiger partial charge in [-0.05, 0) is 71.4 Å². The minimum Gasteiger partial charge on any atom is -0.462 e. The number of anilines is 1. The molecule has 2 aromatic heterocycles. The van der Waals surface area contributed by atoms with Crippen molar-refractivity contribution in [3.8, 4) is 5.75 Å². The molecule has 0 fully saturated rings. The number of ether oxygens (including phenoxy) is 2. The number of nitrogens with one attached hydrogen (secondary N) is 1. The third-order valence-electron chi connectivity index (χ3n) is 7.28. The summed E-state index contributed by atoms with van der Waals surface area (Å²) in [5, 5.41) is 3.68. The van der Waals surface area contributed by atoms with Crippen molar-refractivity contribution in [2.75, 3.05) is 18.9 Å². The normalized spacial score (nSPS) is 15.2. The predicted octanol–water partition coefficient (Wildman–Crippen LogP) is 7.50. The molecular formula is C32H43BrN5O6P. The van der Waals surface area contributed by atoms with E-state index in [0.717, 1.165) is 33.7 Å². The lowest BCUT2D eigenvalue weighted by Gasteiger charge is -2.35. The van der Waals surface area contributed by atoms with Gasteiger partial charge in [-0.25, -0.2) is 14.5 Å². The van der Waals surface area contributed by atoms with Crippen molar-refractivity contribution >= 4 is 57.4 Å². The van der Waals surface area contributed by atoms with Crippen LogP contribution in [0.4, 0.5) is 5.82 Å². The van der Waals surface area contributed by atoms with E-state index in [1.807, 2.05) is 38.1 Å². The fourth-order valence-corrected chi connectivity index (χ4v) is 6.97. The SMILES string of the molecule is CCCC[C@@](C)(CO[P@@](=O)(N[C@@H](C)C(=O)OC(C)C)Oc1ccc(Br)cc1)n1c(COCC)nc2c(N)nc3ccccc3c21. The molecule has 3 N–H and O–H groups in total. The van der Waals surface area contributed by atoms with Gasteiger partial charge in [0.1, 0.15) is 29.7 Å². The minimum absolute atomic E-state index is 0.0547. The molecule has 0 saturated carbocycles. The van der Waals surface area contributed by atoms with Crippen LogP contribution in [0.1, 0.15) is 66.6 Å². The molecule has 2 aromatic carbocycles. The third-order valence-corrected chi connectivity index (χ3v) is 9.43. The summed E-state index contributed by atoms with van der Waals surface area (Å²) in [5.74, 6) is 0.687. The summed E-state index contributed by atoms with van der Waals surface area (Å²) in [6, 6.07) is 13.6. The van der Waals surface area contributed by atoms with E-state index in [4.69, 9.17) is 29.2 Å². The van der Waals surface area contributed by atoms with Crippen LogP contribution < -0.4 is 15.3 Å². The second-order valence-corrected chi connectivity index (χ2v) is 14.1. The van der Waals surface area contributed by atoms with Gasteiger partial charge in [-0.15, -0.1) is 0 Å². The molecule has 0 saturated heterocycles. The molecule has 0 spiro atoms. The van der Waals surface area contributed by atoms with Crippen LogP contribution in [0.5, 0.6) is 5.75 Å². The molecule has 2 heterocycles. The number of nitrogens with two attached hydrogens (primary N) is 1. The van der Waals surface area contributed by atoms with Crippen molar-refractivity contribution in [2.24, 2.45) is 0 Å². The third kappa shape index (κ3) is 8.42. The summed E-state index contributed by atoms with van der Waals surface area (Å²) in [6.45, 7) is 11.8. The highest BCUT2D eigenvalue weighted by Crippen LogP contribution is 2.47. The summed E-state index contributed by atoms with van der Waals surface area (Å²) in [5.41, 5.74) is 7.74. The summed E-state index contributed by atoms with van der Waals surface area (Å²) < 4.78 is 40.9. The van der Waals surface area contributed by atoms with Crippen LogP contribution in [0.25, 0.3) is 21.9 Å². The summed E-state index contributed by atoms with van der Waals surface area (Å²) in [7, 11) is -4.16. The highest BCUT2D eigenvalue weighted by atomic mass is 79.9. The Morgan fingerprint density at radius 2 is 1.82 bits per heavy atom. The quantitative estimate of drug-likeness (QED) is 0.0890. The van der Waals surface area contributed by atoms with Gasteiger partial charge in [-0.2, -0.15) is 5.09 Å². The van der Waals surface area contributed by atoms with Gasteiger partial charge >= 0.3 is 13.7 Å². The van der Waals surface area contributed by atoms with Gasteiger partial charge in [0.2, 0.25) is 0 Å². The van der Waals surface area contributed by atoms with E-state index in [1.54, 1.807) is 45.0 Å². The van der Waals surface area contributed by atoms with Crippen molar-refractivity contribution in [3.05, 3.63) is 58.8 Å². The van der Waals surface area contributed by atoms with Crippen molar-refractivity contribution in [2.45, 2.75) is 85.1 Å². The van der Waals surface area contributed by atoms with Crippen LogP contribution in [0.15, 0.2) is 53.0 Å². The Morgan fingerprint density at radius 1 is 1.11 bits per heavy atom. The fourth-order valence-electron chi connectivity index (χ4n) is 5.10. The number of nitrogens with zero attached hydrogens (tertiary/aromatic N) is 3. The Bertz CT molecular complexity index is 1660. The maximum absolute atomic E-state index is 14.5. The first-order valence-electron chi connectivity index (χ1n) is 15.2. The lowest BCUT2D eigenvalue weighted by atomic mass is 9.94. The van der Waals surface area contributed by atoms with Gasteiger partial charge in [-0.3, -0.25) is 9.32 Å². The van der Waals surface area contributed by atoms with Crippen molar-refractivity contribution in [1.29, 1.82) is 0 Å². The minimum atomic E-state index is -4.16. The van der Waals surface area contributed by atoms with E-state index in [-0.39, 0.29) is 19.3 Å². The molecule has 0 unspecified atom stereocenters. The number of aromatic nitrogens is 3. The number of benzene rings is 2. The maximum Gasteiger partial charge on any atom is 0.459 e. The van der Waals surface area contributed by atoms with Gasteiger partial charge in [-0.1, -0.05) is 53.9 Å². The van der Waals surface area contributed by atoms with Crippen LogP contribution in [0.2, 0.25) is 0 Å². The number of carbonyl (C=O) groups is 1. The Morgan fingerprint density at radius 3 is 2.49 bits per heavy atom. The van der Waals surface area contributed by atoms with Crippen LogP contribution in [0, 0.1) is 0 Å². The van der Waals surface area contributed by atoms with Gasteiger partial charge in [0.25, 0.3) is 0 Å². The molecule has 13 heteroatoms. The first kappa shape index (κ1) is 34.8. The lowest BCUT2D eigenvalue weighted by Crippen LogP contribution is -2.40. The van der Waals surface area contributed by atoms with E-state index in [0.29, 0.717) is 35.9 Å². The van der Waals surface area contributed by atoms with E-state index < -0.39 is 25.3 Å². The molecular weight excluding hydrogens is 661 g/mol. The first-order valence-corrected chi connectivity index (χ1v) is 17.5. The molecule has 0 bridgehead atoms. The molecule has 45 heavy (non-hydrogen) atoms. The monoisotopic (exact) mass is 703 g/mol. The maximum atomic E-state index is 14.5. The van der Waals surface area contributed by atoms with Gasteiger partial charge in [0.05, 0.1) is 29.3 Å². The van der Waals surface area contributed by atoms with E-state index in [9.17, 15) is 9.36 Å². The first-order chi connectivity index (χ1) is 21.4. The number of nitrogen functional groups attached to an aromatic ring is 1. The van der Waals surface area contributed by atoms with Crippen molar-refractivity contribution in [3.63, 3.8) is 0 Å². The average Bonchev–Trinajstić information content (AvgIpc) is 3.40. The van der Waals surface area contributed by atoms with E-state index in [1.165, 1.54) is 0 Å². The number of hydrogen-bond donors (Lipinski definition) is 2. The largest absolute Gasteiger partial charge is 0.462 e. The van der Waals surface area contributed by atoms with Crippen LogP contribution in [-0.4, -0.2) is 45.9 Å². The molecule has 0 amide bonds. The Hall–Kier alpha value is -3.02. The van der Waals surface area contributed by atoms with Crippen LogP contribution in [0.3, 0.4) is 0 Å². The summed E-state index contributed by atoms with van der Waals surface area (Å²) in [6.07, 6.45) is 2.06. The molecule has 0 radical (unpaired) electrons. The zero-order chi connectivity index (χ0) is 32.8. The standard InChI is InChI=1S/C32H43BrN5O6P/c1-7-9-18-32(6,38-27(19-41-8-2)36-28-29(38)25-12-10-11-13-26(25)35-30(28)34)20-42-45(40,37-22(5)31(39)43-21(3)4)44-24-16-14-23(33)15-17-24/h10-17,21-22H,7-9,18-20H2,1-6H3,(H2,34,35)(H,37,40)/t22-,32-,45-/m0/s1. The Labute approximate surface area is 272 Å². The molecule has 4 aromatic rings. The second-order valence-electron chi connectivity index (χ2n) is 11.5. The van der Waals surface area contributed by atoms with Crippen molar-refractivity contribution < 1.29 is 27.9 Å². The van der Waals surface area contributed by atoms with Crippen LogP contribution >= 0.6 is 23.7 Å². The van der Waals surface area contributed by atoms with Crippen molar-refractivity contribution in [1.82, 2.24) is 19.6 Å². The number of para-hydroxylation sites is 1. The molecule has 0 aliphatic rings. The Balaban J connectivity index is 1.81. The number of esters is 1. The number of pyridine rings is 1. The molecule has 244 valence electrons. The number of imidazole rings is 1. The Kier molecular flexibility index (Phi) is 11.7. The topological polar surface area (TPSA) is 140 Å². The van der Waals surface area contributed by atoms with E-state index in [2.05, 4.69) is 37.5 Å². The number of carbonyl (C=O) groups excluding carboxylic acids is 1. The molecule has 0 aliphatic heterocycles. The predicted molar refractivity (Wildman–Crippen MR) is 180 cm³/mol. The average molecular weight is 705 g/mol. The summed E-state index contributed by atoms with van der Waals surface area (Å²) >= 11 is 3.41. The molecule has 4 rings (SSSR count).